The molecule has 1 amide bonds. The Kier molecular flexibility index (Phi) is 6.24. The number of nitrogens with two attached hydrogens (primary N) is 1. The number of para-hydroxylation sites is 1. The van der Waals surface area contributed by atoms with Crippen molar-refractivity contribution in [3.63, 3.8) is 0 Å². The molecule has 6 heteroatoms. The SMILES string of the molecule is COCCNCc1cccc(F)c1N(C)CC(N)=O. The van der Waals surface area contributed by atoms with E-state index in [1.807, 2.05) is 6.07 Å². The fourth-order valence-corrected chi connectivity index (χ4v) is 1.84. The molecule has 0 aliphatic carbocycles. The molecule has 0 aliphatic heterocycles. The maximum absolute atomic E-state index is 13.9. The molecule has 0 aliphatic rings. The number of benzene rings is 1. The number of likely N-dealkylation sites (N-methyl/N-ethyl adjacent to an activating group) is 1. The predicted molar refractivity (Wildman–Crippen MR) is 72.4 cm³/mol. The minimum Gasteiger partial charge on any atom is -0.383 e. The molecule has 0 radical (unpaired) electrons. The zero-order chi connectivity index (χ0) is 14.3. The van der Waals surface area contributed by atoms with E-state index < -0.39 is 5.91 Å². The molecule has 0 fully saturated rings. The summed E-state index contributed by atoms with van der Waals surface area (Å²) < 4.78 is 18.8. The number of methoxy groups -OCH3 is 1. The van der Waals surface area contributed by atoms with Crippen molar-refractivity contribution < 1.29 is 13.9 Å². The number of primary amides is 1. The maximum Gasteiger partial charge on any atom is 0.236 e. The van der Waals surface area contributed by atoms with E-state index in [1.165, 1.54) is 11.0 Å². The van der Waals surface area contributed by atoms with Crippen molar-refractivity contribution in [3.05, 3.63) is 29.6 Å². The fraction of sp³-hybridized carbons (Fsp3) is 0.462. The molecule has 0 heterocycles. The van der Waals surface area contributed by atoms with Gasteiger partial charge in [-0.1, -0.05) is 12.1 Å². The first-order valence-corrected chi connectivity index (χ1v) is 6.02. The monoisotopic (exact) mass is 269 g/mol. The molecule has 106 valence electrons. The highest BCUT2D eigenvalue weighted by atomic mass is 19.1. The Morgan fingerprint density at radius 2 is 2.26 bits per heavy atom. The highest BCUT2D eigenvalue weighted by molar-refractivity contribution is 5.79. The minimum absolute atomic E-state index is 0.0218. The van der Waals surface area contributed by atoms with Crippen LogP contribution < -0.4 is 16.0 Å². The molecule has 19 heavy (non-hydrogen) atoms. The Hall–Kier alpha value is -1.66. The van der Waals surface area contributed by atoms with E-state index in [9.17, 15) is 9.18 Å². The summed E-state index contributed by atoms with van der Waals surface area (Å²) in [4.78, 5) is 12.4. The summed E-state index contributed by atoms with van der Waals surface area (Å²) in [6.07, 6.45) is 0. The average molecular weight is 269 g/mol. The summed E-state index contributed by atoms with van der Waals surface area (Å²) in [6.45, 7) is 1.74. The van der Waals surface area contributed by atoms with Crippen LogP contribution in [0.25, 0.3) is 0 Å². The number of halogens is 1. The van der Waals surface area contributed by atoms with Crippen LogP contribution in [0.5, 0.6) is 0 Å². The molecule has 1 aromatic rings. The molecule has 0 saturated carbocycles. The van der Waals surface area contributed by atoms with E-state index in [-0.39, 0.29) is 12.4 Å². The number of amides is 1. The largest absolute Gasteiger partial charge is 0.383 e. The zero-order valence-electron chi connectivity index (χ0n) is 11.3. The standard InChI is InChI=1S/C13H20FN3O2/c1-17(9-12(15)18)13-10(4-3-5-11(13)14)8-16-6-7-19-2/h3-5,16H,6-9H2,1-2H3,(H2,15,18). The number of carbonyl (C=O) groups excluding carboxylic acids is 1. The van der Waals surface area contributed by atoms with Crippen LogP contribution in [0.15, 0.2) is 18.2 Å². The number of ether oxygens (including phenoxy) is 1. The van der Waals surface area contributed by atoms with Crippen molar-refractivity contribution in [3.8, 4) is 0 Å². The normalized spacial score (nSPS) is 10.5. The van der Waals surface area contributed by atoms with Crippen LogP contribution >= 0.6 is 0 Å². The topological polar surface area (TPSA) is 67.6 Å². The van der Waals surface area contributed by atoms with Gasteiger partial charge in [-0.25, -0.2) is 4.39 Å². The Labute approximate surface area is 112 Å². The van der Waals surface area contributed by atoms with Crippen LogP contribution in [0, 0.1) is 5.82 Å². The molecule has 0 atom stereocenters. The smallest absolute Gasteiger partial charge is 0.236 e. The summed E-state index contributed by atoms with van der Waals surface area (Å²) >= 11 is 0. The molecule has 0 unspecified atom stereocenters. The Morgan fingerprint density at radius 1 is 1.53 bits per heavy atom. The van der Waals surface area contributed by atoms with Gasteiger partial charge in [-0.15, -0.1) is 0 Å². The first-order chi connectivity index (χ1) is 9.06. The summed E-state index contributed by atoms with van der Waals surface area (Å²) in [7, 11) is 3.26. The minimum atomic E-state index is -0.496. The van der Waals surface area contributed by atoms with Crippen molar-refractivity contribution in [2.24, 2.45) is 5.73 Å². The lowest BCUT2D eigenvalue weighted by Crippen LogP contribution is -2.32. The first-order valence-electron chi connectivity index (χ1n) is 6.02. The zero-order valence-corrected chi connectivity index (χ0v) is 11.3. The molecule has 0 aromatic heterocycles. The van der Waals surface area contributed by atoms with E-state index in [2.05, 4.69) is 5.32 Å². The second-order valence-electron chi connectivity index (χ2n) is 4.24. The molecular formula is C13H20FN3O2. The lowest BCUT2D eigenvalue weighted by molar-refractivity contribution is -0.116. The van der Waals surface area contributed by atoms with Gasteiger partial charge < -0.3 is 20.7 Å². The van der Waals surface area contributed by atoms with Gasteiger partial charge in [0, 0.05) is 27.2 Å². The predicted octanol–water partition coefficient (Wildman–Crippen LogP) is 0.483. The molecular weight excluding hydrogens is 249 g/mol. The van der Waals surface area contributed by atoms with Gasteiger partial charge in [0.05, 0.1) is 18.8 Å². The quantitative estimate of drug-likeness (QED) is 0.674. The van der Waals surface area contributed by atoms with E-state index in [4.69, 9.17) is 10.5 Å². The van der Waals surface area contributed by atoms with Crippen molar-refractivity contribution in [1.82, 2.24) is 5.32 Å². The fourth-order valence-electron chi connectivity index (χ4n) is 1.84. The highest BCUT2D eigenvalue weighted by Gasteiger charge is 2.14. The Morgan fingerprint density at radius 3 is 2.89 bits per heavy atom. The number of anilines is 1. The van der Waals surface area contributed by atoms with Gasteiger partial charge in [0.25, 0.3) is 0 Å². The highest BCUT2D eigenvalue weighted by Crippen LogP contribution is 2.23. The van der Waals surface area contributed by atoms with Crippen LogP contribution in [0.2, 0.25) is 0 Å². The number of carbonyl (C=O) groups is 1. The van der Waals surface area contributed by atoms with Crippen molar-refractivity contribution in [2.75, 3.05) is 38.8 Å². The third kappa shape index (κ3) is 4.84. The average Bonchev–Trinajstić information content (AvgIpc) is 2.33. The van der Waals surface area contributed by atoms with E-state index in [0.29, 0.717) is 25.4 Å². The van der Waals surface area contributed by atoms with Gasteiger partial charge in [0.1, 0.15) is 5.82 Å². The third-order valence-corrected chi connectivity index (χ3v) is 2.64. The lowest BCUT2D eigenvalue weighted by atomic mass is 10.1. The Balaban J connectivity index is 2.79. The van der Waals surface area contributed by atoms with Gasteiger partial charge in [-0.3, -0.25) is 4.79 Å². The van der Waals surface area contributed by atoms with Crippen molar-refractivity contribution >= 4 is 11.6 Å². The van der Waals surface area contributed by atoms with Gasteiger partial charge >= 0.3 is 0 Å². The molecule has 0 bridgehead atoms. The van der Waals surface area contributed by atoms with Crippen LogP contribution in [-0.2, 0) is 16.1 Å². The number of hydrogen-bond donors (Lipinski definition) is 2. The van der Waals surface area contributed by atoms with Gasteiger partial charge in [-0.2, -0.15) is 0 Å². The summed E-state index contributed by atoms with van der Waals surface area (Å²) in [5.74, 6) is -0.862. The van der Waals surface area contributed by atoms with Crippen molar-refractivity contribution in [1.29, 1.82) is 0 Å². The second kappa shape index (κ2) is 7.70. The maximum atomic E-state index is 13.9. The summed E-state index contributed by atoms with van der Waals surface area (Å²) in [5.41, 5.74) is 6.31. The molecule has 1 aromatic carbocycles. The molecule has 5 nitrogen and oxygen atoms in total. The number of rotatable bonds is 8. The number of hydrogen-bond acceptors (Lipinski definition) is 4. The van der Waals surface area contributed by atoms with Crippen LogP contribution in [0.3, 0.4) is 0 Å². The van der Waals surface area contributed by atoms with E-state index in [0.717, 1.165) is 5.56 Å². The van der Waals surface area contributed by atoms with Gasteiger partial charge in [0.2, 0.25) is 5.91 Å². The van der Waals surface area contributed by atoms with Gasteiger partial charge in [-0.05, 0) is 11.6 Å². The summed E-state index contributed by atoms with van der Waals surface area (Å²) in [6, 6.07) is 4.82. The van der Waals surface area contributed by atoms with Crippen molar-refractivity contribution in [2.45, 2.75) is 6.54 Å². The first kappa shape index (κ1) is 15.4. The van der Waals surface area contributed by atoms with Crippen LogP contribution in [0.4, 0.5) is 10.1 Å². The van der Waals surface area contributed by atoms with Gasteiger partial charge in [0.15, 0.2) is 0 Å². The molecule has 3 N–H and O–H groups in total. The Bertz CT molecular complexity index is 426. The summed E-state index contributed by atoms with van der Waals surface area (Å²) in [5, 5.41) is 3.14. The number of nitrogens with zero attached hydrogens (tertiary/aromatic N) is 1. The van der Waals surface area contributed by atoms with E-state index >= 15 is 0 Å². The number of nitrogens with one attached hydrogen (secondary N) is 1. The van der Waals surface area contributed by atoms with Crippen LogP contribution in [-0.4, -0.2) is 39.8 Å². The molecule has 1 rings (SSSR count). The molecule has 0 saturated heterocycles. The van der Waals surface area contributed by atoms with Crippen LogP contribution in [0.1, 0.15) is 5.56 Å². The second-order valence-corrected chi connectivity index (χ2v) is 4.24. The third-order valence-electron chi connectivity index (χ3n) is 2.64. The lowest BCUT2D eigenvalue weighted by Gasteiger charge is -2.21. The molecule has 0 spiro atoms. The van der Waals surface area contributed by atoms with E-state index in [1.54, 1.807) is 20.2 Å².